The fourth-order valence-electron chi connectivity index (χ4n) is 4.17. The largest absolute Gasteiger partial charge is 0.496 e. The molecule has 1 fully saturated rings. The van der Waals surface area contributed by atoms with Crippen molar-refractivity contribution < 1.29 is 32.9 Å². The van der Waals surface area contributed by atoms with Gasteiger partial charge in [-0.15, -0.1) is 0 Å². The molecule has 1 aliphatic carbocycles. The molecule has 1 aliphatic rings. The molecule has 0 amide bonds. The molecule has 0 saturated heterocycles. The fourth-order valence-corrected chi connectivity index (χ4v) is 4.17. The molecule has 0 aromatic heterocycles. The molecule has 33 heavy (non-hydrogen) atoms. The summed E-state index contributed by atoms with van der Waals surface area (Å²) in [4.78, 5) is 24.7. The normalized spacial score (nSPS) is 19.5. The molecule has 0 aliphatic heterocycles. The summed E-state index contributed by atoms with van der Waals surface area (Å²) < 4.78 is 35.6. The van der Waals surface area contributed by atoms with Crippen LogP contribution >= 0.6 is 0 Å². The van der Waals surface area contributed by atoms with E-state index < -0.39 is 17.2 Å². The van der Waals surface area contributed by atoms with Crippen molar-refractivity contribution in [2.45, 2.75) is 32.5 Å². The summed E-state index contributed by atoms with van der Waals surface area (Å²) in [5, 5.41) is 2.13. The van der Waals surface area contributed by atoms with Gasteiger partial charge in [0, 0.05) is 25.0 Å². The minimum absolute atomic E-state index is 0.0576. The van der Waals surface area contributed by atoms with Crippen molar-refractivity contribution in [2.75, 3.05) is 14.2 Å². The number of hydrogen-bond acceptors (Lipinski definition) is 6. The topological polar surface area (TPSA) is 71.1 Å². The molecule has 7 heteroatoms. The molecular weight excluding hydrogens is 427 g/mol. The fraction of sp³-hybridized carbons (Fsp3) is 0.308. The molecule has 0 radical (unpaired) electrons. The van der Waals surface area contributed by atoms with Gasteiger partial charge < -0.3 is 18.9 Å². The van der Waals surface area contributed by atoms with E-state index in [0.29, 0.717) is 12.8 Å². The lowest BCUT2D eigenvalue weighted by Crippen LogP contribution is -2.48. The number of carbonyl (C=O) groups excluding carboxylic acids is 2. The Balaban J connectivity index is 1.39. The smallest absolute Gasteiger partial charge is 0.341 e. The summed E-state index contributed by atoms with van der Waals surface area (Å²) in [6.45, 7) is 1.99. The van der Waals surface area contributed by atoms with Gasteiger partial charge in [-0.25, -0.2) is 9.18 Å². The standard InChI is InChI=1S/C26H25FO6/c1-26(25(29)32-15-17-9-6-8-16-7-4-5-10-19(16)17)13-18(14-26)33-23-11-20(24(28)31-3)22(30-2)12-21(23)27/h4-12,18H,13-15H2,1-3H3/t18-,26+. The third-order valence-electron chi connectivity index (χ3n) is 6.04. The van der Waals surface area contributed by atoms with E-state index in [4.69, 9.17) is 18.9 Å². The first kappa shape index (κ1) is 22.6. The van der Waals surface area contributed by atoms with Gasteiger partial charge in [-0.3, -0.25) is 4.79 Å². The molecule has 6 nitrogen and oxygen atoms in total. The van der Waals surface area contributed by atoms with Crippen LogP contribution in [0.1, 0.15) is 35.7 Å². The molecule has 0 heterocycles. The average Bonchev–Trinajstić information content (AvgIpc) is 2.81. The molecule has 0 N–H and O–H groups in total. The predicted octanol–water partition coefficient (Wildman–Crippen LogP) is 5.07. The second kappa shape index (κ2) is 9.10. The first-order valence-corrected chi connectivity index (χ1v) is 10.6. The summed E-state index contributed by atoms with van der Waals surface area (Å²) >= 11 is 0. The van der Waals surface area contributed by atoms with Gasteiger partial charge in [0.15, 0.2) is 11.6 Å². The Bertz CT molecular complexity index is 1190. The maximum Gasteiger partial charge on any atom is 0.341 e. The summed E-state index contributed by atoms with van der Waals surface area (Å²) in [6.07, 6.45) is 0.370. The van der Waals surface area contributed by atoms with Crippen LogP contribution in [0.5, 0.6) is 11.5 Å². The van der Waals surface area contributed by atoms with Crippen molar-refractivity contribution in [3.05, 3.63) is 71.5 Å². The van der Waals surface area contributed by atoms with Crippen LogP contribution in [0.4, 0.5) is 4.39 Å². The molecule has 4 rings (SSSR count). The van der Waals surface area contributed by atoms with Crippen molar-refractivity contribution in [1.29, 1.82) is 0 Å². The van der Waals surface area contributed by atoms with E-state index in [1.807, 2.05) is 49.4 Å². The minimum Gasteiger partial charge on any atom is -0.496 e. The molecule has 1 saturated carbocycles. The van der Waals surface area contributed by atoms with Crippen LogP contribution in [-0.2, 0) is 20.9 Å². The second-order valence-electron chi connectivity index (χ2n) is 8.40. The lowest BCUT2D eigenvalue weighted by Gasteiger charge is -2.42. The van der Waals surface area contributed by atoms with Gasteiger partial charge in [0.2, 0.25) is 0 Å². The molecule has 0 spiro atoms. The maximum atomic E-state index is 14.4. The van der Waals surface area contributed by atoms with Gasteiger partial charge in [-0.1, -0.05) is 42.5 Å². The Morgan fingerprint density at radius 1 is 1.03 bits per heavy atom. The zero-order chi connectivity index (χ0) is 23.6. The molecule has 3 aromatic carbocycles. The van der Waals surface area contributed by atoms with Gasteiger partial charge in [0.25, 0.3) is 0 Å². The number of esters is 2. The van der Waals surface area contributed by atoms with Crippen LogP contribution in [0.25, 0.3) is 10.8 Å². The molecule has 0 bridgehead atoms. The zero-order valence-electron chi connectivity index (χ0n) is 18.7. The highest BCUT2D eigenvalue weighted by molar-refractivity contribution is 5.93. The van der Waals surface area contributed by atoms with E-state index in [2.05, 4.69) is 0 Å². The molecule has 3 aromatic rings. The lowest BCUT2D eigenvalue weighted by molar-refractivity contribution is -0.167. The number of fused-ring (bicyclic) bond motifs is 1. The number of methoxy groups -OCH3 is 2. The van der Waals surface area contributed by atoms with Gasteiger partial charge in [-0.05, 0) is 23.3 Å². The van der Waals surface area contributed by atoms with Crippen LogP contribution in [0.15, 0.2) is 54.6 Å². The number of rotatable bonds is 7. The summed E-state index contributed by atoms with van der Waals surface area (Å²) in [6, 6.07) is 16.2. The van der Waals surface area contributed by atoms with E-state index >= 15 is 0 Å². The van der Waals surface area contributed by atoms with E-state index in [0.717, 1.165) is 22.4 Å². The van der Waals surface area contributed by atoms with E-state index in [-0.39, 0.29) is 35.7 Å². The number of benzene rings is 3. The van der Waals surface area contributed by atoms with E-state index in [9.17, 15) is 14.0 Å². The molecule has 172 valence electrons. The van der Waals surface area contributed by atoms with Crippen LogP contribution in [0.2, 0.25) is 0 Å². The number of carbonyl (C=O) groups is 2. The highest BCUT2D eigenvalue weighted by atomic mass is 19.1. The first-order chi connectivity index (χ1) is 15.8. The van der Waals surface area contributed by atoms with Crippen LogP contribution in [-0.4, -0.2) is 32.3 Å². The van der Waals surface area contributed by atoms with Crippen LogP contribution < -0.4 is 9.47 Å². The number of ether oxygens (including phenoxy) is 4. The van der Waals surface area contributed by atoms with Gasteiger partial charge in [0.05, 0.1) is 19.6 Å². The Labute approximate surface area is 191 Å². The van der Waals surface area contributed by atoms with Crippen molar-refractivity contribution in [2.24, 2.45) is 5.41 Å². The average molecular weight is 452 g/mol. The predicted molar refractivity (Wildman–Crippen MR) is 120 cm³/mol. The highest BCUT2D eigenvalue weighted by Gasteiger charge is 2.49. The summed E-state index contributed by atoms with van der Waals surface area (Å²) in [5.74, 6) is -1.67. The Hall–Kier alpha value is -3.61. The second-order valence-corrected chi connectivity index (χ2v) is 8.40. The number of hydrogen-bond donors (Lipinski definition) is 0. The van der Waals surface area contributed by atoms with Gasteiger partial charge in [-0.2, -0.15) is 0 Å². The van der Waals surface area contributed by atoms with Crippen molar-refractivity contribution in [1.82, 2.24) is 0 Å². The van der Waals surface area contributed by atoms with Crippen LogP contribution in [0, 0.1) is 11.2 Å². The highest BCUT2D eigenvalue weighted by Crippen LogP contribution is 2.44. The Morgan fingerprint density at radius 3 is 2.48 bits per heavy atom. The minimum atomic E-state index is -0.719. The van der Waals surface area contributed by atoms with E-state index in [1.54, 1.807) is 0 Å². The maximum absolute atomic E-state index is 14.4. The number of halogens is 1. The SMILES string of the molecule is COC(=O)c1cc(O[C@H]2C[C@@](C)(C(=O)OCc3cccc4ccccc34)C2)c(F)cc1OC. The Kier molecular flexibility index (Phi) is 6.22. The Morgan fingerprint density at radius 2 is 1.76 bits per heavy atom. The third kappa shape index (κ3) is 4.49. The first-order valence-electron chi connectivity index (χ1n) is 10.6. The van der Waals surface area contributed by atoms with E-state index in [1.165, 1.54) is 20.3 Å². The quantitative estimate of drug-likeness (QED) is 0.467. The van der Waals surface area contributed by atoms with Gasteiger partial charge in [0.1, 0.15) is 24.0 Å². The molecule has 0 unspecified atom stereocenters. The van der Waals surface area contributed by atoms with Crippen molar-refractivity contribution in [3.8, 4) is 11.5 Å². The van der Waals surface area contributed by atoms with Crippen molar-refractivity contribution >= 4 is 22.7 Å². The third-order valence-corrected chi connectivity index (χ3v) is 6.04. The van der Waals surface area contributed by atoms with Crippen molar-refractivity contribution in [3.63, 3.8) is 0 Å². The molecular formula is C26H25FO6. The summed E-state index contributed by atoms with van der Waals surface area (Å²) in [5.41, 5.74) is 0.282. The monoisotopic (exact) mass is 452 g/mol. The van der Waals surface area contributed by atoms with Gasteiger partial charge >= 0.3 is 11.9 Å². The van der Waals surface area contributed by atoms with Crippen LogP contribution in [0.3, 0.4) is 0 Å². The summed E-state index contributed by atoms with van der Waals surface area (Å²) in [7, 11) is 2.57. The zero-order valence-corrected chi connectivity index (χ0v) is 18.7. The lowest BCUT2D eigenvalue weighted by atomic mass is 9.68. The molecule has 0 atom stereocenters.